The van der Waals surface area contributed by atoms with E-state index in [1.54, 1.807) is 41.8 Å². The quantitative estimate of drug-likeness (QED) is 0.179. The maximum Gasteiger partial charge on any atom is 0.255 e. The third-order valence-corrected chi connectivity index (χ3v) is 8.23. The lowest BCUT2D eigenvalue weighted by Gasteiger charge is -2.29. The van der Waals surface area contributed by atoms with Gasteiger partial charge < -0.3 is 20.1 Å². The molecule has 2 heterocycles. The first-order chi connectivity index (χ1) is 19.9. The van der Waals surface area contributed by atoms with Crippen LogP contribution >= 0.6 is 35.0 Å². The number of carbonyl (C=O) groups is 1. The summed E-state index contributed by atoms with van der Waals surface area (Å²) in [7, 11) is 1.57. The largest absolute Gasteiger partial charge is 0.493 e. The second kappa shape index (κ2) is 12.9. The summed E-state index contributed by atoms with van der Waals surface area (Å²) in [6.45, 7) is 4.14. The average Bonchev–Trinajstić information content (AvgIpc) is 3.37. The molecule has 4 aromatic rings. The van der Waals surface area contributed by atoms with E-state index in [1.807, 2.05) is 55.5 Å². The van der Waals surface area contributed by atoms with E-state index in [9.17, 15) is 4.79 Å². The van der Waals surface area contributed by atoms with Crippen LogP contribution in [-0.2, 0) is 11.4 Å². The second-order valence-corrected chi connectivity index (χ2v) is 11.2. The van der Waals surface area contributed by atoms with E-state index >= 15 is 0 Å². The Morgan fingerprint density at radius 1 is 1.07 bits per heavy atom. The molecule has 0 saturated heterocycles. The number of allylic oxidation sites excluding steroid dienone is 1. The van der Waals surface area contributed by atoms with Gasteiger partial charge in [-0.1, -0.05) is 72.2 Å². The maximum absolute atomic E-state index is 13.7. The number of methoxy groups -OCH3 is 1. The zero-order valence-corrected chi connectivity index (χ0v) is 25.1. The topological polar surface area (TPSA) is 90.3 Å². The van der Waals surface area contributed by atoms with Crippen molar-refractivity contribution >= 4 is 52.5 Å². The summed E-state index contributed by atoms with van der Waals surface area (Å²) >= 11 is 14.2. The first kappa shape index (κ1) is 28.9. The first-order valence-electron chi connectivity index (χ1n) is 13.1. The van der Waals surface area contributed by atoms with E-state index < -0.39 is 6.04 Å². The molecule has 1 unspecified atom stereocenters. The van der Waals surface area contributed by atoms with E-state index in [2.05, 4.69) is 22.5 Å². The molecule has 1 aliphatic heterocycles. The molecule has 1 atom stereocenters. The molecule has 1 amide bonds. The van der Waals surface area contributed by atoms with Crippen molar-refractivity contribution in [2.24, 2.45) is 0 Å². The number of carbonyl (C=O) groups excluding carboxylic acids is 1. The van der Waals surface area contributed by atoms with Crippen molar-refractivity contribution in [3.63, 3.8) is 0 Å². The third kappa shape index (κ3) is 6.32. The van der Waals surface area contributed by atoms with Crippen LogP contribution in [0.15, 0.2) is 83.2 Å². The fourth-order valence-electron chi connectivity index (χ4n) is 4.50. The van der Waals surface area contributed by atoms with E-state index in [0.717, 1.165) is 17.7 Å². The molecular formula is C30H29Cl2N5O3S. The Bertz CT molecular complexity index is 1570. The number of rotatable bonds is 10. The Morgan fingerprint density at radius 3 is 2.54 bits per heavy atom. The summed E-state index contributed by atoms with van der Waals surface area (Å²) in [6, 6.07) is 19.7. The van der Waals surface area contributed by atoms with Gasteiger partial charge in [-0.15, -0.1) is 5.10 Å². The summed E-state index contributed by atoms with van der Waals surface area (Å²) in [5.41, 5.74) is 3.35. The van der Waals surface area contributed by atoms with E-state index in [0.29, 0.717) is 55.2 Å². The Hall–Kier alpha value is -3.66. The van der Waals surface area contributed by atoms with Crippen LogP contribution in [0.2, 0.25) is 10.0 Å². The number of aromatic nitrogens is 3. The molecule has 41 heavy (non-hydrogen) atoms. The number of amides is 1. The minimum absolute atomic E-state index is 0.163. The molecule has 0 saturated carbocycles. The second-order valence-electron chi connectivity index (χ2n) is 9.30. The van der Waals surface area contributed by atoms with Crippen molar-refractivity contribution in [2.45, 2.75) is 38.1 Å². The maximum atomic E-state index is 13.7. The zero-order chi connectivity index (χ0) is 28.9. The lowest BCUT2D eigenvalue weighted by atomic mass is 9.94. The van der Waals surface area contributed by atoms with Gasteiger partial charge in [0.1, 0.15) is 12.6 Å². The van der Waals surface area contributed by atoms with Gasteiger partial charge in [-0.25, -0.2) is 4.68 Å². The minimum atomic E-state index is -0.570. The van der Waals surface area contributed by atoms with Gasteiger partial charge in [0.25, 0.3) is 5.91 Å². The van der Waals surface area contributed by atoms with Gasteiger partial charge in [0.2, 0.25) is 11.1 Å². The van der Waals surface area contributed by atoms with Gasteiger partial charge in [-0.2, -0.15) is 4.98 Å². The van der Waals surface area contributed by atoms with Crippen LogP contribution in [0.4, 0.5) is 11.6 Å². The molecule has 2 N–H and O–H groups in total. The Kier molecular flexibility index (Phi) is 9.07. The number of hydrogen-bond donors (Lipinski definition) is 2. The number of benzene rings is 3. The fourth-order valence-corrected chi connectivity index (χ4v) is 5.69. The van der Waals surface area contributed by atoms with E-state index in [1.165, 1.54) is 0 Å². The number of ether oxygens (including phenoxy) is 2. The highest BCUT2D eigenvalue weighted by atomic mass is 35.5. The van der Waals surface area contributed by atoms with Gasteiger partial charge >= 0.3 is 0 Å². The van der Waals surface area contributed by atoms with Crippen molar-refractivity contribution in [1.82, 2.24) is 14.8 Å². The van der Waals surface area contributed by atoms with Gasteiger partial charge in [0, 0.05) is 32.7 Å². The number of hydrogen-bond acceptors (Lipinski definition) is 7. The number of nitrogens with one attached hydrogen (secondary N) is 2. The van der Waals surface area contributed by atoms with Crippen molar-refractivity contribution in [1.29, 1.82) is 0 Å². The predicted octanol–water partition coefficient (Wildman–Crippen LogP) is 7.60. The van der Waals surface area contributed by atoms with Crippen LogP contribution in [0.1, 0.15) is 37.4 Å². The molecule has 0 bridgehead atoms. The molecule has 8 nitrogen and oxygen atoms in total. The minimum Gasteiger partial charge on any atom is -0.493 e. The number of para-hydroxylation sites is 1. The van der Waals surface area contributed by atoms with Gasteiger partial charge in [0.15, 0.2) is 11.5 Å². The summed E-state index contributed by atoms with van der Waals surface area (Å²) in [4.78, 5) is 18.4. The SMILES string of the molecule is CCCSc1nc2n(n1)C(c1ccc(OCc3c(Cl)cccc3Cl)c(OC)c1)C(C(=O)Nc1ccccc1)=C(C)N2. The van der Waals surface area contributed by atoms with Gasteiger partial charge in [-0.3, -0.25) is 4.79 Å². The fraction of sp³-hybridized carbons (Fsp3) is 0.233. The molecule has 1 aliphatic rings. The first-order valence-corrected chi connectivity index (χ1v) is 14.8. The smallest absolute Gasteiger partial charge is 0.255 e. The predicted molar refractivity (Wildman–Crippen MR) is 164 cm³/mol. The van der Waals surface area contributed by atoms with Crippen molar-refractivity contribution in [2.75, 3.05) is 23.5 Å². The molecule has 3 aromatic carbocycles. The highest BCUT2D eigenvalue weighted by Gasteiger charge is 2.35. The lowest BCUT2D eigenvalue weighted by Crippen LogP contribution is -2.31. The van der Waals surface area contributed by atoms with Crippen LogP contribution in [0.5, 0.6) is 11.5 Å². The molecule has 212 valence electrons. The third-order valence-electron chi connectivity index (χ3n) is 6.48. The van der Waals surface area contributed by atoms with E-state index in [-0.39, 0.29) is 12.5 Å². The highest BCUT2D eigenvalue weighted by molar-refractivity contribution is 7.99. The molecule has 0 spiro atoms. The van der Waals surface area contributed by atoms with Crippen molar-refractivity contribution in [3.05, 3.63) is 99.2 Å². The summed E-state index contributed by atoms with van der Waals surface area (Å²) in [5, 5.41) is 12.8. The van der Waals surface area contributed by atoms with Gasteiger partial charge in [-0.05, 0) is 55.3 Å². The number of nitrogens with zero attached hydrogens (tertiary/aromatic N) is 3. The standard InChI is InChI=1S/C30H29Cl2N5O3S/c1-4-15-41-30-35-29-33-18(2)26(28(38)34-20-9-6-5-7-10-20)27(37(29)36-30)19-13-14-24(25(16-19)39-3)40-17-21-22(31)11-8-12-23(21)32/h5-14,16,27H,4,15,17H2,1-3H3,(H,34,38)(H,33,35,36). The molecular weight excluding hydrogens is 581 g/mol. The number of halogens is 2. The lowest BCUT2D eigenvalue weighted by molar-refractivity contribution is -0.113. The van der Waals surface area contributed by atoms with Crippen molar-refractivity contribution < 1.29 is 14.3 Å². The summed E-state index contributed by atoms with van der Waals surface area (Å²) in [6.07, 6.45) is 0.992. The number of anilines is 2. The van der Waals surface area contributed by atoms with Crippen molar-refractivity contribution in [3.8, 4) is 11.5 Å². The molecule has 1 aromatic heterocycles. The molecule has 0 aliphatic carbocycles. The number of thioether (sulfide) groups is 1. The summed E-state index contributed by atoms with van der Waals surface area (Å²) in [5.74, 6) is 2.21. The number of fused-ring (bicyclic) bond motifs is 1. The van der Waals surface area contributed by atoms with Crippen LogP contribution in [0.25, 0.3) is 0 Å². The Labute approximate surface area is 253 Å². The van der Waals surface area contributed by atoms with E-state index in [4.69, 9.17) is 37.8 Å². The molecule has 0 fully saturated rings. The molecule has 11 heteroatoms. The van der Waals surface area contributed by atoms with Crippen LogP contribution in [0, 0.1) is 0 Å². The van der Waals surface area contributed by atoms with Crippen LogP contribution in [0.3, 0.4) is 0 Å². The Morgan fingerprint density at radius 2 is 1.83 bits per heavy atom. The normalized spacial score (nSPS) is 14.3. The van der Waals surface area contributed by atoms with Crippen LogP contribution in [-0.4, -0.2) is 33.5 Å². The monoisotopic (exact) mass is 609 g/mol. The van der Waals surface area contributed by atoms with Crippen LogP contribution < -0.4 is 20.1 Å². The van der Waals surface area contributed by atoms with Gasteiger partial charge in [0.05, 0.1) is 12.7 Å². The Balaban J connectivity index is 1.52. The average molecular weight is 611 g/mol. The summed E-state index contributed by atoms with van der Waals surface area (Å²) < 4.78 is 13.5. The molecule has 0 radical (unpaired) electrons. The molecule has 5 rings (SSSR count). The highest BCUT2D eigenvalue weighted by Crippen LogP contribution is 2.40. The zero-order valence-electron chi connectivity index (χ0n) is 22.8.